The fourth-order valence-corrected chi connectivity index (χ4v) is 2.83. The molecule has 0 heterocycles. The Balaban J connectivity index is 3.30. The summed E-state index contributed by atoms with van der Waals surface area (Å²) in [6.07, 6.45) is 0. The second-order valence-electron chi connectivity index (χ2n) is 4.46. The van der Waals surface area contributed by atoms with Crippen LogP contribution in [0.1, 0.15) is 19.4 Å². The van der Waals surface area contributed by atoms with Gasteiger partial charge in [0.05, 0.1) is 10.5 Å². The van der Waals surface area contributed by atoms with E-state index in [0.29, 0.717) is 0 Å². The van der Waals surface area contributed by atoms with Crippen LogP contribution < -0.4 is 16.2 Å². The summed E-state index contributed by atoms with van der Waals surface area (Å²) in [7, 11) is -4.05. The van der Waals surface area contributed by atoms with Crippen LogP contribution in [0.4, 0.5) is 5.69 Å². The molecule has 5 N–H and O–H groups in total. The van der Waals surface area contributed by atoms with Crippen molar-refractivity contribution in [2.45, 2.75) is 24.3 Å². The molecule has 0 saturated heterocycles. The van der Waals surface area contributed by atoms with Gasteiger partial charge in [-0.25, -0.2) is 8.42 Å². The van der Waals surface area contributed by atoms with E-state index < -0.39 is 21.5 Å². The number of anilines is 1. The van der Waals surface area contributed by atoms with Crippen LogP contribution in [0.25, 0.3) is 0 Å². The number of benzene rings is 1. The Hall–Kier alpha value is -2.11. The lowest BCUT2D eigenvalue weighted by atomic mass is 10.1. The highest BCUT2D eigenvalue weighted by molar-refractivity contribution is 7.89. The summed E-state index contributed by atoms with van der Waals surface area (Å²) in [5.41, 5.74) is 9.28. The monoisotopic (exact) mass is 282 g/mol. The standard InChI is InChI=1S/C11H14N4O3S/c1-11(2,10(14)16)15-19(17,18)9-4-3-8(13)5-7(9)6-12/h3-5,15H,13H2,1-2H3,(H2,14,16). The van der Waals surface area contributed by atoms with Gasteiger partial charge in [0.2, 0.25) is 15.9 Å². The van der Waals surface area contributed by atoms with Crippen molar-refractivity contribution in [2.75, 3.05) is 5.73 Å². The molecule has 0 radical (unpaired) electrons. The second-order valence-corrected chi connectivity index (χ2v) is 6.11. The van der Waals surface area contributed by atoms with Crippen molar-refractivity contribution in [1.82, 2.24) is 4.72 Å². The fourth-order valence-electron chi connectivity index (χ4n) is 1.31. The maximum Gasteiger partial charge on any atom is 0.242 e. The predicted molar refractivity (Wildman–Crippen MR) is 69.2 cm³/mol. The highest BCUT2D eigenvalue weighted by Crippen LogP contribution is 2.19. The summed E-state index contributed by atoms with van der Waals surface area (Å²) >= 11 is 0. The van der Waals surface area contributed by atoms with Gasteiger partial charge in [-0.2, -0.15) is 9.98 Å². The molecular formula is C11H14N4O3S. The third-order valence-corrected chi connectivity index (χ3v) is 4.13. The van der Waals surface area contributed by atoms with Gasteiger partial charge in [0, 0.05) is 5.69 Å². The van der Waals surface area contributed by atoms with E-state index in [1.807, 2.05) is 0 Å². The van der Waals surface area contributed by atoms with Crippen molar-refractivity contribution >= 4 is 21.6 Å². The normalized spacial score (nSPS) is 11.8. The Labute approximate surface area is 111 Å². The molecule has 8 heteroatoms. The topological polar surface area (TPSA) is 139 Å². The van der Waals surface area contributed by atoms with Crippen molar-refractivity contribution in [3.05, 3.63) is 23.8 Å². The van der Waals surface area contributed by atoms with Crippen LogP contribution in [0.2, 0.25) is 0 Å². The van der Waals surface area contributed by atoms with Gasteiger partial charge in [0.25, 0.3) is 0 Å². The van der Waals surface area contributed by atoms with Gasteiger partial charge in [0.15, 0.2) is 0 Å². The number of rotatable bonds is 4. The average Bonchev–Trinajstić information content (AvgIpc) is 2.26. The zero-order chi connectivity index (χ0) is 14.8. The Bertz CT molecular complexity index is 659. The summed E-state index contributed by atoms with van der Waals surface area (Å²) < 4.78 is 26.4. The van der Waals surface area contributed by atoms with Crippen LogP contribution in [-0.2, 0) is 14.8 Å². The molecule has 0 fully saturated rings. The molecule has 0 unspecified atom stereocenters. The van der Waals surface area contributed by atoms with Crippen LogP contribution in [0.5, 0.6) is 0 Å². The van der Waals surface area contributed by atoms with E-state index in [0.717, 1.165) is 0 Å². The minimum absolute atomic E-state index is 0.104. The highest BCUT2D eigenvalue weighted by atomic mass is 32.2. The van der Waals surface area contributed by atoms with E-state index in [9.17, 15) is 13.2 Å². The van der Waals surface area contributed by atoms with Crippen molar-refractivity contribution < 1.29 is 13.2 Å². The third-order valence-electron chi connectivity index (χ3n) is 2.42. The minimum Gasteiger partial charge on any atom is -0.399 e. The maximum atomic E-state index is 12.1. The van der Waals surface area contributed by atoms with Gasteiger partial charge in [0.1, 0.15) is 11.6 Å². The van der Waals surface area contributed by atoms with Crippen LogP contribution in [0, 0.1) is 11.3 Å². The third kappa shape index (κ3) is 3.21. The number of nitriles is 1. The van der Waals surface area contributed by atoms with E-state index in [1.165, 1.54) is 32.0 Å². The Morgan fingerprint density at radius 1 is 1.42 bits per heavy atom. The van der Waals surface area contributed by atoms with E-state index in [4.69, 9.17) is 16.7 Å². The quantitative estimate of drug-likeness (QED) is 0.649. The van der Waals surface area contributed by atoms with Gasteiger partial charge in [-0.1, -0.05) is 0 Å². The molecule has 0 aliphatic heterocycles. The first-order valence-corrected chi connectivity index (χ1v) is 6.72. The average molecular weight is 282 g/mol. The van der Waals surface area contributed by atoms with E-state index in [-0.39, 0.29) is 16.1 Å². The molecule has 0 spiro atoms. The van der Waals surface area contributed by atoms with Crippen molar-refractivity contribution in [3.8, 4) is 6.07 Å². The van der Waals surface area contributed by atoms with E-state index in [2.05, 4.69) is 4.72 Å². The Morgan fingerprint density at radius 2 is 2.00 bits per heavy atom. The molecule has 0 aliphatic rings. The summed E-state index contributed by atoms with van der Waals surface area (Å²) in [4.78, 5) is 10.9. The van der Waals surface area contributed by atoms with Gasteiger partial charge >= 0.3 is 0 Å². The molecule has 0 aromatic heterocycles. The highest BCUT2D eigenvalue weighted by Gasteiger charge is 2.32. The smallest absolute Gasteiger partial charge is 0.242 e. The number of nitrogen functional groups attached to an aromatic ring is 1. The summed E-state index contributed by atoms with van der Waals surface area (Å²) in [6, 6.07) is 5.54. The summed E-state index contributed by atoms with van der Waals surface area (Å²) in [6.45, 7) is 2.66. The minimum atomic E-state index is -4.05. The number of carbonyl (C=O) groups is 1. The zero-order valence-corrected chi connectivity index (χ0v) is 11.3. The lowest BCUT2D eigenvalue weighted by Crippen LogP contribution is -2.52. The van der Waals surface area contributed by atoms with E-state index in [1.54, 1.807) is 6.07 Å². The van der Waals surface area contributed by atoms with Crippen LogP contribution in [0.3, 0.4) is 0 Å². The molecule has 102 valence electrons. The van der Waals surface area contributed by atoms with Crippen molar-refractivity contribution in [3.63, 3.8) is 0 Å². The fraction of sp³-hybridized carbons (Fsp3) is 0.273. The number of hydrogen-bond acceptors (Lipinski definition) is 5. The first-order valence-electron chi connectivity index (χ1n) is 5.23. The molecule has 7 nitrogen and oxygen atoms in total. The molecule has 0 saturated carbocycles. The number of carbonyl (C=O) groups excluding carboxylic acids is 1. The Kier molecular flexibility index (Phi) is 3.83. The van der Waals surface area contributed by atoms with Crippen LogP contribution in [-0.4, -0.2) is 19.9 Å². The van der Waals surface area contributed by atoms with Gasteiger partial charge in [-0.05, 0) is 32.0 Å². The Morgan fingerprint density at radius 3 is 2.47 bits per heavy atom. The number of nitrogens with two attached hydrogens (primary N) is 2. The number of sulfonamides is 1. The zero-order valence-electron chi connectivity index (χ0n) is 10.5. The molecule has 1 rings (SSSR count). The SMILES string of the molecule is CC(C)(NS(=O)(=O)c1ccc(N)cc1C#N)C(N)=O. The van der Waals surface area contributed by atoms with Gasteiger partial charge in [-0.15, -0.1) is 0 Å². The molecule has 0 atom stereocenters. The summed E-state index contributed by atoms with van der Waals surface area (Å²) in [5, 5.41) is 8.92. The molecule has 0 aliphatic carbocycles. The van der Waals surface area contributed by atoms with E-state index >= 15 is 0 Å². The van der Waals surface area contributed by atoms with Gasteiger partial charge in [-0.3, -0.25) is 4.79 Å². The first kappa shape index (κ1) is 14.9. The number of nitrogens with one attached hydrogen (secondary N) is 1. The molecule has 1 amide bonds. The lowest BCUT2D eigenvalue weighted by Gasteiger charge is -2.22. The molecule has 1 aromatic rings. The maximum absolute atomic E-state index is 12.1. The number of amides is 1. The lowest BCUT2D eigenvalue weighted by molar-refractivity contribution is -0.122. The molecular weight excluding hydrogens is 268 g/mol. The first-order chi connectivity index (χ1) is 8.60. The van der Waals surface area contributed by atoms with Crippen LogP contribution in [0.15, 0.2) is 23.1 Å². The number of nitrogens with zero attached hydrogens (tertiary/aromatic N) is 1. The molecule has 0 bridgehead atoms. The van der Waals surface area contributed by atoms with Crippen LogP contribution >= 0.6 is 0 Å². The largest absolute Gasteiger partial charge is 0.399 e. The van der Waals surface area contributed by atoms with Crippen molar-refractivity contribution in [1.29, 1.82) is 5.26 Å². The second kappa shape index (κ2) is 4.87. The number of primary amides is 1. The molecule has 1 aromatic carbocycles. The van der Waals surface area contributed by atoms with Gasteiger partial charge < -0.3 is 11.5 Å². The number of hydrogen-bond donors (Lipinski definition) is 3. The molecule has 19 heavy (non-hydrogen) atoms. The summed E-state index contributed by atoms with van der Waals surface area (Å²) in [5.74, 6) is -0.829. The van der Waals surface area contributed by atoms with Crippen molar-refractivity contribution in [2.24, 2.45) is 5.73 Å². The predicted octanol–water partition coefficient (Wildman–Crippen LogP) is -0.317.